The molecule has 2 heterocycles. The fourth-order valence-corrected chi connectivity index (χ4v) is 3.72. The molecule has 1 N–H and O–H groups in total. The number of fused-ring (bicyclic) bond motifs is 1. The minimum atomic E-state index is -0.992. The van der Waals surface area contributed by atoms with Crippen molar-refractivity contribution in [2.24, 2.45) is 0 Å². The van der Waals surface area contributed by atoms with Gasteiger partial charge in [0, 0.05) is 5.92 Å². The molecule has 8 heteroatoms. The second kappa shape index (κ2) is 6.12. The number of nitrogens with one attached hydrogen (secondary N) is 1. The first kappa shape index (κ1) is 17.1. The maximum absolute atomic E-state index is 13.2. The Morgan fingerprint density at radius 3 is 2.81 bits per heavy atom. The molecule has 1 saturated carbocycles. The van der Waals surface area contributed by atoms with Gasteiger partial charge in [0.25, 0.3) is 5.22 Å². The lowest BCUT2D eigenvalue weighted by molar-refractivity contribution is -0.126. The average molecular weight is 372 g/mol. The van der Waals surface area contributed by atoms with Crippen LogP contribution in [0, 0.1) is 0 Å². The number of rotatable bonds is 4. The third-order valence-electron chi connectivity index (χ3n) is 4.70. The van der Waals surface area contributed by atoms with Crippen LogP contribution in [-0.2, 0) is 9.59 Å². The number of aromatic nitrogens is 2. The van der Waals surface area contributed by atoms with E-state index >= 15 is 0 Å². The van der Waals surface area contributed by atoms with Crippen LogP contribution in [0.5, 0.6) is 0 Å². The van der Waals surface area contributed by atoms with E-state index in [0.717, 1.165) is 12.8 Å². The number of benzene rings is 1. The van der Waals surface area contributed by atoms with E-state index in [1.165, 1.54) is 11.8 Å². The molecule has 26 heavy (non-hydrogen) atoms. The van der Waals surface area contributed by atoms with Gasteiger partial charge in [0.2, 0.25) is 17.7 Å². The molecule has 136 valence electrons. The van der Waals surface area contributed by atoms with Gasteiger partial charge in [-0.25, -0.2) is 0 Å². The highest BCUT2D eigenvalue weighted by Gasteiger charge is 2.45. The van der Waals surface area contributed by atoms with Crippen LogP contribution >= 0.6 is 11.8 Å². The Bertz CT molecular complexity index is 875. The van der Waals surface area contributed by atoms with Gasteiger partial charge in [-0.15, -0.1) is 10.2 Å². The number of anilines is 2. The number of nitrogens with zero attached hydrogens (tertiary/aromatic N) is 3. The molecule has 0 bridgehead atoms. The molecule has 2 aliphatic rings. The van der Waals surface area contributed by atoms with Gasteiger partial charge in [-0.1, -0.05) is 23.9 Å². The SMILES string of the molecule is CC(Sc1nnc(C2CC2)o1)C(=O)N1c2ccccc2NC(=O)C1(C)C. The maximum atomic E-state index is 13.2. The summed E-state index contributed by atoms with van der Waals surface area (Å²) in [6, 6.07) is 7.31. The summed E-state index contributed by atoms with van der Waals surface area (Å²) in [4.78, 5) is 27.3. The van der Waals surface area contributed by atoms with Crippen LogP contribution in [0.2, 0.25) is 0 Å². The van der Waals surface area contributed by atoms with E-state index in [4.69, 9.17) is 4.42 Å². The van der Waals surface area contributed by atoms with Crippen molar-refractivity contribution in [2.45, 2.75) is 55.5 Å². The number of para-hydroxylation sites is 2. The van der Waals surface area contributed by atoms with Crippen LogP contribution in [-0.4, -0.2) is 32.8 Å². The number of hydrogen-bond acceptors (Lipinski definition) is 6. The van der Waals surface area contributed by atoms with Crippen molar-refractivity contribution in [3.63, 3.8) is 0 Å². The van der Waals surface area contributed by atoms with E-state index in [2.05, 4.69) is 15.5 Å². The topological polar surface area (TPSA) is 88.3 Å². The first-order valence-electron chi connectivity index (χ1n) is 8.62. The Balaban J connectivity index is 1.59. The van der Waals surface area contributed by atoms with E-state index in [9.17, 15) is 9.59 Å². The molecule has 0 saturated heterocycles. The first-order valence-corrected chi connectivity index (χ1v) is 9.50. The molecule has 1 atom stereocenters. The van der Waals surface area contributed by atoms with Gasteiger partial charge in [0.05, 0.1) is 16.6 Å². The maximum Gasteiger partial charge on any atom is 0.277 e. The third kappa shape index (κ3) is 2.88. The minimum absolute atomic E-state index is 0.173. The van der Waals surface area contributed by atoms with E-state index in [1.807, 2.05) is 18.2 Å². The quantitative estimate of drug-likeness (QED) is 0.829. The van der Waals surface area contributed by atoms with E-state index in [-0.39, 0.29) is 11.8 Å². The Labute approximate surface area is 155 Å². The van der Waals surface area contributed by atoms with Gasteiger partial charge in [-0.05, 0) is 45.7 Å². The molecule has 2 amide bonds. The molecule has 0 spiro atoms. The molecule has 1 aliphatic carbocycles. The molecule has 2 aromatic rings. The molecule has 1 unspecified atom stereocenters. The van der Waals surface area contributed by atoms with Gasteiger partial charge < -0.3 is 9.73 Å². The summed E-state index contributed by atoms with van der Waals surface area (Å²) in [6.07, 6.45) is 2.16. The molecular formula is C18H20N4O3S. The van der Waals surface area contributed by atoms with Crippen LogP contribution in [0.3, 0.4) is 0 Å². The monoisotopic (exact) mass is 372 g/mol. The van der Waals surface area contributed by atoms with Crippen LogP contribution in [0.1, 0.15) is 45.4 Å². The average Bonchev–Trinajstić information content (AvgIpc) is 3.35. The summed E-state index contributed by atoms with van der Waals surface area (Å²) in [6.45, 7) is 5.27. The molecule has 1 aromatic carbocycles. The van der Waals surface area contributed by atoms with E-state index in [1.54, 1.807) is 31.7 Å². The number of thioether (sulfide) groups is 1. The third-order valence-corrected chi connectivity index (χ3v) is 5.62. The van der Waals surface area contributed by atoms with Gasteiger partial charge in [0.1, 0.15) is 5.54 Å². The summed E-state index contributed by atoms with van der Waals surface area (Å²) in [5.74, 6) is 0.638. The lowest BCUT2D eigenvalue weighted by Crippen LogP contribution is -2.60. The normalized spacial score (nSPS) is 19.7. The zero-order valence-electron chi connectivity index (χ0n) is 14.9. The Morgan fingerprint density at radius 1 is 1.35 bits per heavy atom. The van der Waals surface area contributed by atoms with Gasteiger partial charge in [-0.2, -0.15) is 0 Å². The second-order valence-corrected chi connectivity index (χ2v) is 8.44. The number of carbonyl (C=O) groups is 2. The molecule has 0 radical (unpaired) electrons. The number of hydrogen-bond donors (Lipinski definition) is 1. The van der Waals surface area contributed by atoms with Crippen LogP contribution in [0.4, 0.5) is 11.4 Å². The van der Waals surface area contributed by atoms with Gasteiger partial charge in [-0.3, -0.25) is 14.5 Å². The summed E-state index contributed by atoms with van der Waals surface area (Å²) in [5, 5.41) is 10.9. The minimum Gasteiger partial charge on any atom is -0.416 e. The lowest BCUT2D eigenvalue weighted by Gasteiger charge is -2.42. The van der Waals surface area contributed by atoms with Crippen molar-refractivity contribution in [1.29, 1.82) is 0 Å². The molecule has 1 fully saturated rings. The lowest BCUT2D eigenvalue weighted by atomic mass is 9.96. The van der Waals surface area contributed by atoms with E-state index in [0.29, 0.717) is 28.4 Å². The molecule has 1 aromatic heterocycles. The highest BCUT2D eigenvalue weighted by molar-refractivity contribution is 8.00. The van der Waals surface area contributed by atoms with Crippen molar-refractivity contribution in [3.8, 4) is 0 Å². The molecular weight excluding hydrogens is 352 g/mol. The van der Waals surface area contributed by atoms with Crippen molar-refractivity contribution >= 4 is 35.0 Å². The molecule has 1 aliphatic heterocycles. The van der Waals surface area contributed by atoms with Gasteiger partial charge in [0.15, 0.2) is 0 Å². The summed E-state index contributed by atoms with van der Waals surface area (Å²) >= 11 is 1.22. The fourth-order valence-electron chi connectivity index (χ4n) is 2.99. The fraction of sp³-hybridized carbons (Fsp3) is 0.444. The Hall–Kier alpha value is -2.35. The van der Waals surface area contributed by atoms with E-state index < -0.39 is 10.8 Å². The number of amides is 2. The predicted octanol–water partition coefficient (Wildman–Crippen LogP) is 3.19. The van der Waals surface area contributed by atoms with Crippen molar-refractivity contribution in [3.05, 3.63) is 30.2 Å². The largest absolute Gasteiger partial charge is 0.416 e. The summed E-state index contributed by atoms with van der Waals surface area (Å²) < 4.78 is 5.65. The summed E-state index contributed by atoms with van der Waals surface area (Å²) in [5.41, 5.74) is 0.337. The zero-order valence-corrected chi connectivity index (χ0v) is 15.7. The first-order chi connectivity index (χ1) is 12.4. The second-order valence-electron chi connectivity index (χ2n) is 7.14. The number of carbonyl (C=O) groups excluding carboxylic acids is 2. The zero-order chi connectivity index (χ0) is 18.5. The molecule has 4 rings (SSSR count). The Morgan fingerprint density at radius 2 is 2.08 bits per heavy atom. The van der Waals surface area contributed by atoms with Crippen molar-refractivity contribution in [1.82, 2.24) is 10.2 Å². The van der Waals surface area contributed by atoms with Crippen molar-refractivity contribution < 1.29 is 14.0 Å². The van der Waals surface area contributed by atoms with Crippen LogP contribution in [0.15, 0.2) is 33.9 Å². The smallest absolute Gasteiger partial charge is 0.277 e. The summed E-state index contributed by atoms with van der Waals surface area (Å²) in [7, 11) is 0. The standard InChI is InChI=1S/C18H20N4O3S/c1-10(26-17-21-20-14(25-17)11-8-9-11)15(23)22-13-7-5-4-6-12(13)19-16(24)18(22,2)3/h4-7,10-11H,8-9H2,1-3H3,(H,19,24). The van der Waals surface area contributed by atoms with Crippen LogP contribution in [0.25, 0.3) is 0 Å². The van der Waals surface area contributed by atoms with Crippen LogP contribution < -0.4 is 10.2 Å². The van der Waals surface area contributed by atoms with Gasteiger partial charge >= 0.3 is 0 Å². The predicted molar refractivity (Wildman–Crippen MR) is 98.2 cm³/mol. The van der Waals surface area contributed by atoms with Crippen molar-refractivity contribution in [2.75, 3.05) is 10.2 Å². The highest BCUT2D eigenvalue weighted by atomic mass is 32.2. The Kier molecular flexibility index (Phi) is 4.02. The highest BCUT2D eigenvalue weighted by Crippen LogP contribution is 2.41. The molecule has 7 nitrogen and oxygen atoms in total.